The molecular weight excluding hydrogens is 461 g/mol. The average Bonchev–Trinajstić information content (AvgIpc) is 2.82. The fraction of sp³-hybridized carbons (Fsp3) is 0.375. The minimum atomic E-state index is -4.39. The molecule has 0 bridgehead atoms. The van der Waals surface area contributed by atoms with Gasteiger partial charge in [-0.15, -0.1) is 0 Å². The number of carbonyl (C=O) groups excluding carboxylic acids is 3. The first kappa shape index (κ1) is 25.4. The summed E-state index contributed by atoms with van der Waals surface area (Å²) >= 11 is 0. The van der Waals surface area contributed by atoms with Gasteiger partial charge >= 0.3 is 0 Å². The SMILES string of the molecule is CCCC(=O)N1CCN(C(=O)[C@H](NC(=O)c2ccccc2C)S(=O)(=O)c2ccc(F)cc2)CC1. The Hall–Kier alpha value is -3.27. The van der Waals surface area contributed by atoms with Crippen molar-refractivity contribution >= 4 is 27.6 Å². The van der Waals surface area contributed by atoms with Crippen LogP contribution in [0.25, 0.3) is 0 Å². The van der Waals surface area contributed by atoms with Gasteiger partial charge in [0.2, 0.25) is 21.1 Å². The Bertz CT molecular complexity index is 1160. The Morgan fingerprint density at radius 3 is 2.15 bits per heavy atom. The van der Waals surface area contributed by atoms with E-state index in [0.717, 1.165) is 24.3 Å². The van der Waals surface area contributed by atoms with E-state index in [4.69, 9.17) is 0 Å². The van der Waals surface area contributed by atoms with E-state index < -0.39 is 32.8 Å². The fourth-order valence-corrected chi connectivity index (χ4v) is 5.24. The molecule has 1 heterocycles. The van der Waals surface area contributed by atoms with Crippen LogP contribution in [-0.4, -0.2) is 67.5 Å². The molecule has 1 saturated heterocycles. The molecule has 0 aromatic heterocycles. The highest BCUT2D eigenvalue weighted by Crippen LogP contribution is 2.19. The van der Waals surface area contributed by atoms with Gasteiger partial charge in [0.05, 0.1) is 4.90 Å². The van der Waals surface area contributed by atoms with E-state index in [-0.39, 0.29) is 42.5 Å². The number of rotatable bonds is 7. The first-order valence-electron chi connectivity index (χ1n) is 11.1. The van der Waals surface area contributed by atoms with Crippen molar-refractivity contribution in [2.24, 2.45) is 0 Å². The van der Waals surface area contributed by atoms with Crippen LogP contribution < -0.4 is 5.32 Å². The quantitative estimate of drug-likeness (QED) is 0.600. The van der Waals surface area contributed by atoms with Crippen molar-refractivity contribution < 1.29 is 27.2 Å². The number of aryl methyl sites for hydroxylation is 1. The van der Waals surface area contributed by atoms with Gasteiger partial charge in [0.15, 0.2) is 0 Å². The lowest BCUT2D eigenvalue weighted by molar-refractivity contribution is -0.139. The molecule has 0 spiro atoms. The topological polar surface area (TPSA) is 104 Å². The maximum atomic E-state index is 13.4. The molecule has 3 amide bonds. The van der Waals surface area contributed by atoms with Crippen molar-refractivity contribution in [2.45, 2.75) is 37.0 Å². The molecule has 0 saturated carbocycles. The molecular formula is C24H28FN3O5S. The van der Waals surface area contributed by atoms with Gasteiger partial charge in [-0.25, -0.2) is 12.8 Å². The maximum absolute atomic E-state index is 13.4. The Morgan fingerprint density at radius 2 is 1.56 bits per heavy atom. The highest BCUT2D eigenvalue weighted by atomic mass is 32.2. The largest absolute Gasteiger partial charge is 0.339 e. The minimum absolute atomic E-state index is 0.0158. The second-order valence-corrected chi connectivity index (χ2v) is 10.2. The van der Waals surface area contributed by atoms with Crippen molar-refractivity contribution in [1.29, 1.82) is 0 Å². The Labute approximate surface area is 198 Å². The summed E-state index contributed by atoms with van der Waals surface area (Å²) in [7, 11) is -4.39. The Morgan fingerprint density at radius 1 is 0.971 bits per heavy atom. The fourth-order valence-electron chi connectivity index (χ4n) is 3.77. The number of halogens is 1. The molecule has 0 unspecified atom stereocenters. The Kier molecular flexibility index (Phi) is 8.03. The molecule has 0 radical (unpaired) electrons. The van der Waals surface area contributed by atoms with E-state index in [1.54, 1.807) is 30.0 Å². The van der Waals surface area contributed by atoms with Crippen LogP contribution in [-0.2, 0) is 19.4 Å². The second-order valence-electron chi connectivity index (χ2n) is 8.12. The molecule has 1 fully saturated rings. The highest BCUT2D eigenvalue weighted by molar-refractivity contribution is 7.92. The lowest BCUT2D eigenvalue weighted by atomic mass is 10.1. The summed E-state index contributed by atoms with van der Waals surface area (Å²) < 4.78 is 40.2. The van der Waals surface area contributed by atoms with Crippen LogP contribution in [0.2, 0.25) is 0 Å². The molecule has 2 aromatic rings. The average molecular weight is 490 g/mol. The van der Waals surface area contributed by atoms with Crippen LogP contribution in [0.3, 0.4) is 0 Å². The van der Waals surface area contributed by atoms with Gasteiger partial charge in [-0.1, -0.05) is 25.1 Å². The number of nitrogens with one attached hydrogen (secondary N) is 1. The lowest BCUT2D eigenvalue weighted by Crippen LogP contribution is -2.57. The van der Waals surface area contributed by atoms with Crippen molar-refractivity contribution in [2.75, 3.05) is 26.2 Å². The van der Waals surface area contributed by atoms with Crippen LogP contribution in [0.15, 0.2) is 53.4 Å². The standard InChI is InChI=1S/C24H28FN3O5S/c1-3-6-21(29)27-13-15-28(16-14-27)24(31)23(26-22(30)20-8-5-4-7-17(20)2)34(32,33)19-11-9-18(25)10-12-19/h4-5,7-12,23H,3,6,13-16H2,1-2H3,(H,26,30)/t23-/m1/s1. The molecule has 2 aromatic carbocycles. The number of nitrogens with zero attached hydrogens (tertiary/aromatic N) is 2. The molecule has 3 rings (SSSR count). The third kappa shape index (κ3) is 5.61. The molecule has 182 valence electrons. The number of amides is 3. The third-order valence-corrected chi connectivity index (χ3v) is 7.61. The number of hydrogen-bond acceptors (Lipinski definition) is 5. The van der Waals surface area contributed by atoms with Gasteiger partial charge in [0.25, 0.3) is 11.8 Å². The third-order valence-electron chi connectivity index (χ3n) is 5.74. The van der Waals surface area contributed by atoms with Gasteiger partial charge in [-0.3, -0.25) is 14.4 Å². The summed E-state index contributed by atoms with van der Waals surface area (Å²) in [6.45, 7) is 4.44. The van der Waals surface area contributed by atoms with Crippen molar-refractivity contribution in [3.63, 3.8) is 0 Å². The molecule has 34 heavy (non-hydrogen) atoms. The summed E-state index contributed by atoms with van der Waals surface area (Å²) in [5.74, 6) is -2.15. The summed E-state index contributed by atoms with van der Waals surface area (Å²) in [5.41, 5.74) is 0.859. The van der Waals surface area contributed by atoms with Gasteiger partial charge in [0.1, 0.15) is 5.82 Å². The summed E-state index contributed by atoms with van der Waals surface area (Å²) in [6.07, 6.45) is 1.11. The van der Waals surface area contributed by atoms with Gasteiger partial charge < -0.3 is 15.1 Å². The van der Waals surface area contributed by atoms with Gasteiger partial charge in [0, 0.05) is 38.2 Å². The summed E-state index contributed by atoms with van der Waals surface area (Å²) in [5, 5.41) is 0.486. The van der Waals surface area contributed by atoms with Crippen molar-refractivity contribution in [1.82, 2.24) is 15.1 Å². The predicted octanol–water partition coefficient (Wildman–Crippen LogP) is 2.13. The van der Waals surface area contributed by atoms with E-state index in [0.29, 0.717) is 18.4 Å². The van der Waals surface area contributed by atoms with Crippen LogP contribution in [0.5, 0.6) is 0 Å². The lowest BCUT2D eigenvalue weighted by Gasteiger charge is -2.36. The smallest absolute Gasteiger partial charge is 0.261 e. The zero-order chi connectivity index (χ0) is 24.9. The normalized spacial score (nSPS) is 15.0. The van der Waals surface area contributed by atoms with E-state index in [2.05, 4.69) is 5.32 Å². The van der Waals surface area contributed by atoms with E-state index >= 15 is 0 Å². The first-order chi connectivity index (χ1) is 16.1. The predicted molar refractivity (Wildman–Crippen MR) is 124 cm³/mol. The summed E-state index contributed by atoms with van der Waals surface area (Å²) in [6, 6.07) is 10.7. The molecule has 1 atom stereocenters. The second kappa shape index (κ2) is 10.8. The molecule has 1 aliphatic heterocycles. The molecule has 8 nitrogen and oxygen atoms in total. The molecule has 0 aliphatic carbocycles. The van der Waals surface area contributed by atoms with Crippen molar-refractivity contribution in [3.05, 3.63) is 65.5 Å². The minimum Gasteiger partial charge on any atom is -0.339 e. The number of hydrogen-bond donors (Lipinski definition) is 1. The van der Waals surface area contributed by atoms with Gasteiger partial charge in [-0.05, 0) is 49.2 Å². The van der Waals surface area contributed by atoms with E-state index in [9.17, 15) is 27.2 Å². The zero-order valence-electron chi connectivity index (χ0n) is 19.2. The van der Waals surface area contributed by atoms with E-state index in [1.165, 1.54) is 11.0 Å². The summed E-state index contributed by atoms with van der Waals surface area (Å²) in [4.78, 5) is 41.2. The van der Waals surface area contributed by atoms with Crippen LogP contribution in [0.1, 0.15) is 35.7 Å². The number of benzene rings is 2. The van der Waals surface area contributed by atoms with Crippen LogP contribution >= 0.6 is 0 Å². The number of piperazine rings is 1. The number of sulfone groups is 1. The molecule has 10 heteroatoms. The monoisotopic (exact) mass is 489 g/mol. The van der Waals surface area contributed by atoms with Crippen LogP contribution in [0.4, 0.5) is 4.39 Å². The number of carbonyl (C=O) groups is 3. The molecule has 1 aliphatic rings. The Balaban J connectivity index is 1.88. The van der Waals surface area contributed by atoms with Crippen LogP contribution in [0, 0.1) is 12.7 Å². The maximum Gasteiger partial charge on any atom is 0.261 e. The van der Waals surface area contributed by atoms with E-state index in [1.807, 2.05) is 6.92 Å². The highest BCUT2D eigenvalue weighted by Gasteiger charge is 2.39. The van der Waals surface area contributed by atoms with Gasteiger partial charge in [-0.2, -0.15) is 0 Å². The van der Waals surface area contributed by atoms with Crippen molar-refractivity contribution in [3.8, 4) is 0 Å². The molecule has 1 N–H and O–H groups in total. The zero-order valence-corrected chi connectivity index (χ0v) is 20.0. The first-order valence-corrected chi connectivity index (χ1v) is 12.6.